The normalized spacial score (nSPS) is 10.1. The number of methoxy groups -OCH3 is 1. The smallest absolute Gasteiger partial charge is 0.371 e. The van der Waals surface area contributed by atoms with Gasteiger partial charge in [-0.25, -0.2) is 4.79 Å². The first-order chi connectivity index (χ1) is 9.60. The van der Waals surface area contributed by atoms with Gasteiger partial charge in [0.1, 0.15) is 18.6 Å². The number of hydrogen-bond donors (Lipinski definition) is 1. The van der Waals surface area contributed by atoms with Crippen molar-refractivity contribution in [2.24, 2.45) is 0 Å². The third-order valence-electron chi connectivity index (χ3n) is 2.54. The van der Waals surface area contributed by atoms with Crippen LogP contribution in [-0.4, -0.2) is 18.2 Å². The summed E-state index contributed by atoms with van der Waals surface area (Å²) in [6, 6.07) is 8.05. The van der Waals surface area contributed by atoms with Crippen molar-refractivity contribution in [3.63, 3.8) is 0 Å². The fraction of sp³-hybridized carbons (Fsp3) is 0.143. The molecule has 2 aromatic rings. The van der Waals surface area contributed by atoms with Crippen LogP contribution in [0.1, 0.15) is 16.1 Å². The van der Waals surface area contributed by atoms with E-state index in [0.29, 0.717) is 5.75 Å². The molecular formula is C14H12O6. The van der Waals surface area contributed by atoms with Crippen LogP contribution < -0.4 is 14.9 Å². The van der Waals surface area contributed by atoms with Crippen LogP contribution in [0.2, 0.25) is 0 Å². The van der Waals surface area contributed by atoms with E-state index in [1.165, 1.54) is 0 Å². The molecule has 2 rings (SSSR count). The highest BCUT2D eigenvalue weighted by Gasteiger charge is 2.10. The van der Waals surface area contributed by atoms with E-state index in [1.54, 1.807) is 25.3 Å². The second kappa shape index (κ2) is 5.92. The Kier molecular flexibility index (Phi) is 4.05. The molecule has 0 aliphatic carbocycles. The van der Waals surface area contributed by atoms with Crippen LogP contribution in [0.15, 0.2) is 45.8 Å². The first-order valence-electron chi connectivity index (χ1n) is 5.72. The van der Waals surface area contributed by atoms with Crippen LogP contribution in [0, 0.1) is 0 Å². The highest BCUT2D eigenvalue weighted by Crippen LogP contribution is 2.14. The van der Waals surface area contributed by atoms with Gasteiger partial charge in [0.05, 0.1) is 7.11 Å². The summed E-state index contributed by atoms with van der Waals surface area (Å²) >= 11 is 0. The summed E-state index contributed by atoms with van der Waals surface area (Å²) in [6.07, 6.45) is 0.992. The van der Waals surface area contributed by atoms with E-state index >= 15 is 0 Å². The first kappa shape index (κ1) is 13.7. The van der Waals surface area contributed by atoms with E-state index < -0.39 is 17.2 Å². The van der Waals surface area contributed by atoms with Gasteiger partial charge in [-0.2, -0.15) is 0 Å². The molecule has 0 amide bonds. The van der Waals surface area contributed by atoms with Gasteiger partial charge >= 0.3 is 5.97 Å². The minimum Gasteiger partial charge on any atom is -0.497 e. The van der Waals surface area contributed by atoms with E-state index in [9.17, 15) is 9.59 Å². The lowest BCUT2D eigenvalue weighted by Gasteiger charge is -2.06. The number of carboxylic acids is 1. The predicted molar refractivity (Wildman–Crippen MR) is 69.3 cm³/mol. The van der Waals surface area contributed by atoms with Gasteiger partial charge in [0, 0.05) is 6.07 Å². The van der Waals surface area contributed by atoms with Crippen molar-refractivity contribution in [2.75, 3.05) is 7.11 Å². The van der Waals surface area contributed by atoms with Crippen LogP contribution in [0.4, 0.5) is 0 Å². The third-order valence-corrected chi connectivity index (χ3v) is 2.54. The Labute approximate surface area is 114 Å². The van der Waals surface area contributed by atoms with E-state index in [2.05, 4.69) is 0 Å². The summed E-state index contributed by atoms with van der Waals surface area (Å²) < 4.78 is 15.2. The summed E-state index contributed by atoms with van der Waals surface area (Å²) in [5.41, 5.74) is 0.266. The minimum atomic E-state index is -1.30. The molecule has 0 spiro atoms. The van der Waals surface area contributed by atoms with Crippen molar-refractivity contribution in [1.82, 2.24) is 0 Å². The molecule has 0 saturated heterocycles. The largest absolute Gasteiger partial charge is 0.497 e. The van der Waals surface area contributed by atoms with Crippen molar-refractivity contribution in [3.8, 4) is 11.5 Å². The van der Waals surface area contributed by atoms with E-state index in [0.717, 1.165) is 17.9 Å². The Hall–Kier alpha value is -2.76. The van der Waals surface area contributed by atoms with Gasteiger partial charge < -0.3 is 19.0 Å². The quantitative estimate of drug-likeness (QED) is 0.898. The summed E-state index contributed by atoms with van der Waals surface area (Å²) in [5, 5.41) is 8.68. The van der Waals surface area contributed by atoms with Crippen LogP contribution in [0.25, 0.3) is 0 Å². The zero-order valence-electron chi connectivity index (χ0n) is 10.7. The lowest BCUT2D eigenvalue weighted by Crippen LogP contribution is -2.10. The monoisotopic (exact) mass is 276 g/mol. The molecule has 6 heteroatoms. The molecule has 1 N–H and O–H groups in total. The van der Waals surface area contributed by atoms with Crippen LogP contribution in [0.5, 0.6) is 11.5 Å². The summed E-state index contributed by atoms with van der Waals surface area (Å²) in [5.74, 6) is -1.10. The molecule has 0 unspecified atom stereocenters. The molecule has 0 atom stereocenters. The molecular weight excluding hydrogens is 264 g/mol. The maximum atomic E-state index is 11.6. The molecule has 0 aliphatic heterocycles. The molecule has 20 heavy (non-hydrogen) atoms. The van der Waals surface area contributed by atoms with Crippen LogP contribution >= 0.6 is 0 Å². The summed E-state index contributed by atoms with van der Waals surface area (Å²) in [6.45, 7) is 0.147. The van der Waals surface area contributed by atoms with E-state index in [1.807, 2.05) is 6.07 Å². The molecule has 0 saturated carbocycles. The van der Waals surface area contributed by atoms with E-state index in [4.69, 9.17) is 19.0 Å². The number of hydrogen-bond acceptors (Lipinski definition) is 5. The lowest BCUT2D eigenvalue weighted by molar-refractivity contribution is 0.0658. The standard InChI is InChI=1S/C14H12O6/c1-18-10-4-2-3-9(5-10)7-19-13-8-20-12(14(16)17)6-11(13)15/h2-6,8H,7H2,1H3,(H,16,17). The van der Waals surface area contributed by atoms with Crippen LogP contribution in [-0.2, 0) is 6.61 Å². The Balaban J connectivity index is 2.11. The number of benzene rings is 1. The van der Waals surface area contributed by atoms with Crippen molar-refractivity contribution in [2.45, 2.75) is 6.61 Å². The van der Waals surface area contributed by atoms with Gasteiger partial charge in [-0.15, -0.1) is 0 Å². The molecule has 0 radical (unpaired) electrons. The summed E-state index contributed by atoms with van der Waals surface area (Å²) in [7, 11) is 1.55. The number of ether oxygens (including phenoxy) is 2. The van der Waals surface area contributed by atoms with Gasteiger partial charge in [-0.3, -0.25) is 4.79 Å². The molecule has 1 heterocycles. The molecule has 6 nitrogen and oxygen atoms in total. The maximum absolute atomic E-state index is 11.6. The zero-order valence-corrected chi connectivity index (χ0v) is 10.7. The topological polar surface area (TPSA) is 86.0 Å². The SMILES string of the molecule is COc1cccc(COc2coc(C(=O)O)cc2=O)c1. The minimum absolute atomic E-state index is 0.0437. The Morgan fingerprint density at radius 3 is 2.80 bits per heavy atom. The molecule has 1 aromatic heterocycles. The number of carbonyl (C=O) groups is 1. The summed E-state index contributed by atoms with van der Waals surface area (Å²) in [4.78, 5) is 22.2. The second-order valence-corrected chi connectivity index (χ2v) is 3.92. The highest BCUT2D eigenvalue weighted by molar-refractivity contribution is 5.84. The fourth-order valence-corrected chi connectivity index (χ4v) is 1.54. The van der Waals surface area contributed by atoms with Crippen molar-refractivity contribution in [3.05, 3.63) is 58.1 Å². The Morgan fingerprint density at radius 1 is 1.35 bits per heavy atom. The maximum Gasteiger partial charge on any atom is 0.371 e. The molecule has 0 bridgehead atoms. The molecule has 0 fully saturated rings. The first-order valence-corrected chi connectivity index (χ1v) is 5.72. The average molecular weight is 276 g/mol. The molecule has 104 valence electrons. The van der Waals surface area contributed by atoms with Crippen molar-refractivity contribution >= 4 is 5.97 Å². The van der Waals surface area contributed by atoms with Crippen LogP contribution in [0.3, 0.4) is 0 Å². The Bertz CT molecular complexity index is 673. The number of rotatable bonds is 5. The van der Waals surface area contributed by atoms with E-state index in [-0.39, 0.29) is 12.4 Å². The zero-order chi connectivity index (χ0) is 14.5. The van der Waals surface area contributed by atoms with Gasteiger partial charge in [0.15, 0.2) is 0 Å². The van der Waals surface area contributed by atoms with Gasteiger partial charge in [0.25, 0.3) is 0 Å². The van der Waals surface area contributed by atoms with Crippen molar-refractivity contribution < 1.29 is 23.8 Å². The van der Waals surface area contributed by atoms with Gasteiger partial charge in [0.2, 0.25) is 16.9 Å². The third kappa shape index (κ3) is 3.17. The number of aromatic carboxylic acids is 1. The lowest BCUT2D eigenvalue weighted by atomic mass is 10.2. The number of carboxylic acid groups (broad SMARTS) is 1. The molecule has 0 aliphatic rings. The van der Waals surface area contributed by atoms with Gasteiger partial charge in [-0.1, -0.05) is 12.1 Å². The fourth-order valence-electron chi connectivity index (χ4n) is 1.54. The van der Waals surface area contributed by atoms with Crippen molar-refractivity contribution in [1.29, 1.82) is 0 Å². The van der Waals surface area contributed by atoms with Gasteiger partial charge in [-0.05, 0) is 17.7 Å². The Morgan fingerprint density at radius 2 is 2.15 bits per heavy atom. The molecule has 1 aromatic carbocycles. The highest BCUT2D eigenvalue weighted by atomic mass is 16.5. The second-order valence-electron chi connectivity index (χ2n) is 3.92. The average Bonchev–Trinajstić information content (AvgIpc) is 2.46. The predicted octanol–water partition coefficient (Wildman–Crippen LogP) is 1.93.